The first-order valence-corrected chi connectivity index (χ1v) is 6.57. The van der Waals surface area contributed by atoms with Crippen LogP contribution in [0.3, 0.4) is 0 Å². The maximum Gasteiger partial charge on any atom is 0.0689 e. The molecule has 1 aromatic rings. The molecule has 0 aliphatic heterocycles. The van der Waals surface area contributed by atoms with E-state index in [4.69, 9.17) is 6.42 Å². The van der Waals surface area contributed by atoms with E-state index in [1.807, 2.05) is 0 Å². The molecule has 0 saturated heterocycles. The molecule has 1 aliphatic rings. The van der Waals surface area contributed by atoms with Crippen molar-refractivity contribution in [1.29, 1.82) is 0 Å². The molecule has 2 rings (SSSR count). The Kier molecular flexibility index (Phi) is 3.86. The average Bonchev–Trinajstić information content (AvgIpc) is 2.38. The Morgan fingerprint density at radius 1 is 1.35 bits per heavy atom. The predicted molar refractivity (Wildman–Crippen MR) is 72.9 cm³/mol. The molecule has 17 heavy (non-hydrogen) atoms. The van der Waals surface area contributed by atoms with Gasteiger partial charge in [0.1, 0.15) is 0 Å². The SMILES string of the molecule is C#CC(CC)NC1CCC(C)c2ccccc21. The van der Waals surface area contributed by atoms with Crippen molar-refractivity contribution in [3.05, 3.63) is 35.4 Å². The molecule has 0 aromatic heterocycles. The number of fused-ring (bicyclic) bond motifs is 1. The van der Waals surface area contributed by atoms with E-state index >= 15 is 0 Å². The highest BCUT2D eigenvalue weighted by molar-refractivity contribution is 5.35. The molecule has 1 N–H and O–H groups in total. The van der Waals surface area contributed by atoms with Crippen molar-refractivity contribution in [3.63, 3.8) is 0 Å². The minimum Gasteiger partial charge on any atom is -0.297 e. The maximum atomic E-state index is 5.54. The lowest BCUT2D eigenvalue weighted by Gasteiger charge is -2.32. The number of terminal acetylenes is 1. The van der Waals surface area contributed by atoms with Gasteiger partial charge in [-0.2, -0.15) is 0 Å². The first-order valence-electron chi connectivity index (χ1n) is 6.57. The lowest BCUT2D eigenvalue weighted by atomic mass is 9.81. The molecule has 0 saturated carbocycles. The summed E-state index contributed by atoms with van der Waals surface area (Å²) in [6, 6.07) is 9.39. The second kappa shape index (κ2) is 5.38. The van der Waals surface area contributed by atoms with Gasteiger partial charge >= 0.3 is 0 Å². The molecule has 0 heterocycles. The van der Waals surface area contributed by atoms with Crippen LogP contribution in [0.15, 0.2) is 24.3 Å². The van der Waals surface area contributed by atoms with Crippen LogP contribution < -0.4 is 5.32 Å². The van der Waals surface area contributed by atoms with Crippen molar-refractivity contribution in [3.8, 4) is 12.3 Å². The molecular formula is C16H21N. The summed E-state index contributed by atoms with van der Waals surface area (Å²) in [5.41, 5.74) is 2.93. The zero-order valence-electron chi connectivity index (χ0n) is 10.7. The van der Waals surface area contributed by atoms with Crippen molar-refractivity contribution in [1.82, 2.24) is 5.32 Å². The molecule has 1 heteroatoms. The zero-order valence-corrected chi connectivity index (χ0v) is 10.7. The number of nitrogens with one attached hydrogen (secondary N) is 1. The molecule has 3 unspecified atom stereocenters. The van der Waals surface area contributed by atoms with E-state index in [-0.39, 0.29) is 6.04 Å². The molecule has 1 aromatic carbocycles. The summed E-state index contributed by atoms with van der Waals surface area (Å²) in [7, 11) is 0. The zero-order chi connectivity index (χ0) is 12.3. The van der Waals surface area contributed by atoms with Gasteiger partial charge in [0.15, 0.2) is 0 Å². The molecule has 0 bridgehead atoms. The summed E-state index contributed by atoms with van der Waals surface area (Å²) >= 11 is 0. The summed E-state index contributed by atoms with van der Waals surface area (Å²) in [6.45, 7) is 4.45. The summed E-state index contributed by atoms with van der Waals surface area (Å²) < 4.78 is 0. The van der Waals surface area contributed by atoms with E-state index in [1.165, 1.54) is 24.0 Å². The van der Waals surface area contributed by atoms with Gasteiger partial charge in [0.25, 0.3) is 0 Å². The van der Waals surface area contributed by atoms with Crippen molar-refractivity contribution in [2.24, 2.45) is 0 Å². The van der Waals surface area contributed by atoms with Crippen LogP contribution in [-0.4, -0.2) is 6.04 Å². The molecule has 0 amide bonds. The number of benzene rings is 1. The van der Waals surface area contributed by atoms with E-state index in [1.54, 1.807) is 0 Å². The van der Waals surface area contributed by atoms with Crippen molar-refractivity contribution < 1.29 is 0 Å². The van der Waals surface area contributed by atoms with Gasteiger partial charge < -0.3 is 0 Å². The third-order valence-corrected chi connectivity index (χ3v) is 3.80. The topological polar surface area (TPSA) is 12.0 Å². The molecule has 1 aliphatic carbocycles. The Morgan fingerprint density at radius 3 is 2.71 bits per heavy atom. The van der Waals surface area contributed by atoms with Crippen LogP contribution in [0.25, 0.3) is 0 Å². The number of hydrogen-bond acceptors (Lipinski definition) is 1. The Hall–Kier alpha value is -1.26. The maximum absolute atomic E-state index is 5.54. The minimum absolute atomic E-state index is 0.196. The monoisotopic (exact) mass is 227 g/mol. The van der Waals surface area contributed by atoms with Gasteiger partial charge in [-0.05, 0) is 36.3 Å². The van der Waals surface area contributed by atoms with Gasteiger partial charge in [-0.25, -0.2) is 0 Å². The van der Waals surface area contributed by atoms with E-state index < -0.39 is 0 Å². The van der Waals surface area contributed by atoms with Gasteiger partial charge in [-0.15, -0.1) is 6.42 Å². The normalized spacial score (nSPS) is 24.8. The third kappa shape index (κ3) is 2.53. The highest BCUT2D eigenvalue weighted by atomic mass is 14.9. The lowest BCUT2D eigenvalue weighted by Crippen LogP contribution is -2.33. The van der Waals surface area contributed by atoms with Crippen LogP contribution in [0.4, 0.5) is 0 Å². The summed E-state index contributed by atoms with van der Waals surface area (Å²) in [5, 5.41) is 3.60. The van der Waals surface area contributed by atoms with Crippen LogP contribution in [-0.2, 0) is 0 Å². The van der Waals surface area contributed by atoms with E-state index in [2.05, 4.69) is 49.4 Å². The minimum atomic E-state index is 0.196. The highest BCUT2D eigenvalue weighted by Gasteiger charge is 2.25. The standard InChI is InChI=1S/C16H21N/c1-4-13(5-2)17-16-11-10-12(3)14-8-6-7-9-15(14)16/h1,6-9,12-13,16-17H,5,10-11H2,2-3H3. The molecular weight excluding hydrogens is 206 g/mol. The highest BCUT2D eigenvalue weighted by Crippen LogP contribution is 2.37. The van der Waals surface area contributed by atoms with E-state index in [0.717, 1.165) is 6.42 Å². The Balaban J connectivity index is 2.22. The van der Waals surface area contributed by atoms with Gasteiger partial charge in [-0.3, -0.25) is 5.32 Å². The Labute approximate surface area is 105 Å². The fraction of sp³-hybridized carbons (Fsp3) is 0.500. The van der Waals surface area contributed by atoms with Crippen LogP contribution in [0.5, 0.6) is 0 Å². The molecule has 3 atom stereocenters. The van der Waals surface area contributed by atoms with Gasteiger partial charge in [0.2, 0.25) is 0 Å². The summed E-state index contributed by atoms with van der Waals surface area (Å²) in [4.78, 5) is 0. The first-order chi connectivity index (χ1) is 8.26. The largest absolute Gasteiger partial charge is 0.297 e. The molecule has 0 fully saturated rings. The molecule has 90 valence electrons. The summed E-state index contributed by atoms with van der Waals surface area (Å²) in [6.07, 6.45) is 8.96. The Morgan fingerprint density at radius 2 is 2.06 bits per heavy atom. The second-order valence-electron chi connectivity index (χ2n) is 4.95. The average molecular weight is 227 g/mol. The van der Waals surface area contributed by atoms with Crippen molar-refractivity contribution >= 4 is 0 Å². The first kappa shape index (κ1) is 12.2. The molecule has 1 nitrogen and oxygen atoms in total. The van der Waals surface area contributed by atoms with Crippen LogP contribution in [0, 0.1) is 12.3 Å². The smallest absolute Gasteiger partial charge is 0.0689 e. The lowest BCUT2D eigenvalue weighted by molar-refractivity contribution is 0.407. The van der Waals surface area contributed by atoms with E-state index in [0.29, 0.717) is 12.0 Å². The van der Waals surface area contributed by atoms with Gasteiger partial charge in [-0.1, -0.05) is 44.0 Å². The van der Waals surface area contributed by atoms with Crippen LogP contribution in [0.2, 0.25) is 0 Å². The predicted octanol–water partition coefficient (Wildman–Crippen LogP) is 3.63. The van der Waals surface area contributed by atoms with Crippen LogP contribution >= 0.6 is 0 Å². The quantitative estimate of drug-likeness (QED) is 0.778. The molecule has 0 radical (unpaired) electrons. The summed E-state index contributed by atoms with van der Waals surface area (Å²) in [5.74, 6) is 3.51. The Bertz CT molecular complexity index is 416. The van der Waals surface area contributed by atoms with E-state index in [9.17, 15) is 0 Å². The van der Waals surface area contributed by atoms with Gasteiger partial charge in [0, 0.05) is 6.04 Å². The van der Waals surface area contributed by atoms with Crippen molar-refractivity contribution in [2.45, 2.75) is 51.1 Å². The van der Waals surface area contributed by atoms with Crippen molar-refractivity contribution in [2.75, 3.05) is 0 Å². The van der Waals surface area contributed by atoms with Gasteiger partial charge in [0.05, 0.1) is 6.04 Å². The van der Waals surface area contributed by atoms with Crippen LogP contribution in [0.1, 0.15) is 56.2 Å². The fourth-order valence-corrected chi connectivity index (χ4v) is 2.70. The fourth-order valence-electron chi connectivity index (χ4n) is 2.70. The number of hydrogen-bond donors (Lipinski definition) is 1. The third-order valence-electron chi connectivity index (χ3n) is 3.80. The number of rotatable bonds is 3. The second-order valence-corrected chi connectivity index (χ2v) is 4.95. The molecule has 0 spiro atoms.